The summed E-state index contributed by atoms with van der Waals surface area (Å²) in [6.45, 7) is 14.1. The van der Waals surface area contributed by atoms with Crippen LogP contribution >= 0.6 is 0 Å². The molecular weight excluding hydrogens is 316 g/mol. The second-order valence-corrected chi connectivity index (χ2v) is 9.55. The van der Waals surface area contributed by atoms with E-state index in [1.54, 1.807) is 0 Å². The second-order valence-electron chi connectivity index (χ2n) is 9.55. The third kappa shape index (κ3) is 4.03. The Hall–Kier alpha value is -1.06. The molecule has 1 unspecified atom stereocenters. The number of carbonyl (C=O) groups excluding carboxylic acids is 2. The maximum Gasteiger partial charge on any atom is 0.303 e. The van der Waals surface area contributed by atoms with E-state index in [1.807, 2.05) is 6.92 Å². The molecule has 2 fully saturated rings. The summed E-state index contributed by atoms with van der Waals surface area (Å²) in [6.07, 6.45) is 6.15. The Kier molecular flexibility index (Phi) is 5.61. The zero-order valence-corrected chi connectivity index (χ0v) is 17.1. The van der Waals surface area contributed by atoms with E-state index in [-0.39, 0.29) is 29.4 Å². The van der Waals surface area contributed by atoms with Gasteiger partial charge < -0.3 is 9.47 Å². The zero-order chi connectivity index (χ0) is 19.0. The number of ether oxygens (including phenoxy) is 2. The van der Waals surface area contributed by atoms with Gasteiger partial charge in [-0.1, -0.05) is 27.2 Å². The van der Waals surface area contributed by atoms with Crippen molar-refractivity contribution in [2.75, 3.05) is 0 Å². The van der Waals surface area contributed by atoms with Gasteiger partial charge in [-0.15, -0.1) is 0 Å². The summed E-state index contributed by atoms with van der Waals surface area (Å²) in [5.74, 6) is 0.330. The van der Waals surface area contributed by atoms with Crippen LogP contribution in [0.2, 0.25) is 0 Å². The highest BCUT2D eigenvalue weighted by molar-refractivity contribution is 5.66. The van der Waals surface area contributed by atoms with E-state index < -0.39 is 5.60 Å². The molecule has 25 heavy (non-hydrogen) atoms. The van der Waals surface area contributed by atoms with Gasteiger partial charge in [-0.05, 0) is 62.7 Å². The highest BCUT2D eigenvalue weighted by atomic mass is 16.6. The average molecular weight is 353 g/mol. The Balaban J connectivity index is 2.38. The minimum Gasteiger partial charge on any atom is -0.463 e. The molecule has 0 aliphatic heterocycles. The van der Waals surface area contributed by atoms with E-state index >= 15 is 0 Å². The van der Waals surface area contributed by atoms with Gasteiger partial charge in [0.05, 0.1) is 6.10 Å². The van der Waals surface area contributed by atoms with Crippen molar-refractivity contribution in [1.29, 1.82) is 0 Å². The lowest BCUT2D eigenvalue weighted by Gasteiger charge is -2.62. The fourth-order valence-electron chi connectivity index (χ4n) is 6.24. The molecule has 4 heteroatoms. The monoisotopic (exact) mass is 352 g/mol. The van der Waals surface area contributed by atoms with Crippen molar-refractivity contribution in [3.63, 3.8) is 0 Å². The summed E-state index contributed by atoms with van der Waals surface area (Å²) in [5, 5.41) is 0. The standard InChI is InChI=1S/C21H36O4/c1-14(24-15(2)22)13-18-20(6)11-8-10-19(4,5)17(20)9-12-21(18,7)25-16(3)23/h14,17-18H,8-13H2,1-7H3/t14?,17-,18+,20-,21+/m0/s1. The van der Waals surface area contributed by atoms with Crippen LogP contribution in [0.5, 0.6) is 0 Å². The average Bonchev–Trinajstić information content (AvgIpc) is 2.40. The molecule has 0 bridgehead atoms. The van der Waals surface area contributed by atoms with Gasteiger partial charge >= 0.3 is 11.9 Å². The number of hydrogen-bond donors (Lipinski definition) is 0. The van der Waals surface area contributed by atoms with E-state index in [0.717, 1.165) is 25.7 Å². The van der Waals surface area contributed by atoms with Gasteiger partial charge in [-0.2, -0.15) is 0 Å². The van der Waals surface area contributed by atoms with Crippen LogP contribution in [0.3, 0.4) is 0 Å². The summed E-state index contributed by atoms with van der Waals surface area (Å²) in [7, 11) is 0. The molecule has 2 aliphatic rings. The van der Waals surface area contributed by atoms with Crippen LogP contribution in [0.4, 0.5) is 0 Å². The first-order valence-electron chi connectivity index (χ1n) is 9.77. The first-order valence-corrected chi connectivity index (χ1v) is 9.77. The molecule has 0 aromatic carbocycles. The van der Waals surface area contributed by atoms with Crippen LogP contribution in [0.15, 0.2) is 0 Å². The normalized spacial score (nSPS) is 38.4. The van der Waals surface area contributed by atoms with Crippen LogP contribution in [-0.4, -0.2) is 23.6 Å². The van der Waals surface area contributed by atoms with Crippen molar-refractivity contribution in [1.82, 2.24) is 0 Å². The van der Waals surface area contributed by atoms with E-state index in [1.165, 1.54) is 26.7 Å². The predicted molar refractivity (Wildman–Crippen MR) is 98.0 cm³/mol. The van der Waals surface area contributed by atoms with Gasteiger partial charge in [0.25, 0.3) is 0 Å². The summed E-state index contributed by atoms with van der Waals surface area (Å²) < 4.78 is 11.3. The molecule has 5 atom stereocenters. The van der Waals surface area contributed by atoms with Gasteiger partial charge in [-0.25, -0.2) is 0 Å². The largest absolute Gasteiger partial charge is 0.463 e. The van der Waals surface area contributed by atoms with Crippen molar-refractivity contribution in [3.05, 3.63) is 0 Å². The maximum absolute atomic E-state index is 11.8. The van der Waals surface area contributed by atoms with Crippen LogP contribution in [0.1, 0.15) is 87.0 Å². The van der Waals surface area contributed by atoms with Crippen molar-refractivity contribution < 1.29 is 19.1 Å². The Morgan fingerprint density at radius 2 is 1.68 bits per heavy atom. The maximum atomic E-state index is 11.8. The fourth-order valence-corrected chi connectivity index (χ4v) is 6.24. The topological polar surface area (TPSA) is 52.6 Å². The van der Waals surface area contributed by atoms with Crippen molar-refractivity contribution in [3.8, 4) is 0 Å². The van der Waals surface area contributed by atoms with Crippen molar-refractivity contribution in [2.24, 2.45) is 22.7 Å². The first-order chi connectivity index (χ1) is 11.4. The quantitative estimate of drug-likeness (QED) is 0.676. The molecule has 0 aromatic heterocycles. The Morgan fingerprint density at radius 1 is 1.04 bits per heavy atom. The number of fused-ring (bicyclic) bond motifs is 1. The molecule has 0 radical (unpaired) electrons. The predicted octanol–water partition coefficient (Wildman–Crippen LogP) is 4.89. The van der Waals surface area contributed by atoms with Gasteiger partial charge in [-0.3, -0.25) is 9.59 Å². The van der Waals surface area contributed by atoms with Gasteiger partial charge in [0.1, 0.15) is 5.60 Å². The second kappa shape index (κ2) is 6.92. The Morgan fingerprint density at radius 3 is 2.24 bits per heavy atom. The molecule has 0 heterocycles. The minimum absolute atomic E-state index is 0.0958. The van der Waals surface area contributed by atoms with Crippen LogP contribution in [0.25, 0.3) is 0 Å². The van der Waals surface area contributed by atoms with Crippen LogP contribution in [-0.2, 0) is 19.1 Å². The van der Waals surface area contributed by atoms with E-state index in [9.17, 15) is 9.59 Å². The van der Waals surface area contributed by atoms with Crippen LogP contribution in [0, 0.1) is 22.7 Å². The molecule has 144 valence electrons. The molecule has 4 nitrogen and oxygen atoms in total. The highest BCUT2D eigenvalue weighted by Crippen LogP contribution is 2.63. The number of carbonyl (C=O) groups is 2. The third-order valence-electron chi connectivity index (χ3n) is 7.05. The Labute approximate surface area is 153 Å². The molecule has 2 rings (SSSR count). The van der Waals surface area contributed by atoms with E-state index in [0.29, 0.717) is 11.3 Å². The lowest BCUT2D eigenvalue weighted by atomic mass is 9.45. The minimum atomic E-state index is -0.487. The number of rotatable bonds is 4. The first kappa shape index (κ1) is 20.3. The molecule has 0 saturated heterocycles. The third-order valence-corrected chi connectivity index (χ3v) is 7.05. The summed E-state index contributed by atoms with van der Waals surface area (Å²) in [4.78, 5) is 23.2. The molecule has 2 aliphatic carbocycles. The van der Waals surface area contributed by atoms with Gasteiger partial charge in [0.2, 0.25) is 0 Å². The van der Waals surface area contributed by atoms with Crippen molar-refractivity contribution in [2.45, 2.75) is 98.7 Å². The summed E-state index contributed by atoms with van der Waals surface area (Å²) in [5.41, 5.74) is -0.0923. The smallest absolute Gasteiger partial charge is 0.303 e. The summed E-state index contributed by atoms with van der Waals surface area (Å²) in [6, 6.07) is 0. The number of hydrogen-bond acceptors (Lipinski definition) is 4. The highest BCUT2D eigenvalue weighted by Gasteiger charge is 2.59. The van der Waals surface area contributed by atoms with Gasteiger partial charge in [0, 0.05) is 19.8 Å². The Bertz CT molecular complexity index is 526. The van der Waals surface area contributed by atoms with E-state index in [4.69, 9.17) is 9.47 Å². The molecule has 0 N–H and O–H groups in total. The van der Waals surface area contributed by atoms with Crippen molar-refractivity contribution >= 4 is 11.9 Å². The lowest BCUT2D eigenvalue weighted by molar-refractivity contribution is -0.204. The molecular formula is C21H36O4. The lowest BCUT2D eigenvalue weighted by Crippen LogP contribution is -2.59. The summed E-state index contributed by atoms with van der Waals surface area (Å²) >= 11 is 0. The molecule has 0 aromatic rings. The molecule has 0 spiro atoms. The van der Waals surface area contributed by atoms with Gasteiger partial charge in [0.15, 0.2) is 0 Å². The molecule has 0 amide bonds. The van der Waals surface area contributed by atoms with Crippen LogP contribution < -0.4 is 0 Å². The van der Waals surface area contributed by atoms with E-state index in [2.05, 4.69) is 27.7 Å². The fraction of sp³-hybridized carbons (Fsp3) is 0.905. The number of esters is 2. The zero-order valence-electron chi connectivity index (χ0n) is 17.1. The SMILES string of the molecule is CC(=O)OC(C)C[C@@H]1[C@@]2(C)CCCC(C)(C)[C@@H]2CC[C@@]1(C)OC(C)=O. The molecule has 2 saturated carbocycles.